The fraction of sp³-hybridized carbons (Fsp3) is 0.273. The molecule has 1 atom stereocenters. The zero-order chi connectivity index (χ0) is 14.4. The first-order valence-electron chi connectivity index (χ1n) is 5.31. The van der Waals surface area contributed by atoms with E-state index in [-0.39, 0.29) is 11.4 Å². The molecule has 0 saturated carbocycles. The van der Waals surface area contributed by atoms with Gasteiger partial charge in [0.15, 0.2) is 11.9 Å². The molecular weight excluding hydrogens is 256 g/mol. The summed E-state index contributed by atoms with van der Waals surface area (Å²) < 4.78 is 5.15. The van der Waals surface area contributed by atoms with Crippen molar-refractivity contribution in [3.05, 3.63) is 34.4 Å². The Morgan fingerprint density at radius 1 is 1.47 bits per heavy atom. The average molecular weight is 268 g/mol. The summed E-state index contributed by atoms with van der Waals surface area (Å²) in [5.74, 6) is -1.91. The lowest BCUT2D eigenvalue weighted by Gasteiger charge is -2.13. The molecule has 19 heavy (non-hydrogen) atoms. The number of hydrogen-bond acceptors (Lipinski definition) is 5. The number of hydrogen-bond donors (Lipinski definition) is 2. The standard InChI is InChI=1S/C11H12N2O6/c1-7(11(16)12-6-10(14)15)19-9-5-3-2-4-8(9)13(17)18/h2-5,7H,6H2,1H3,(H,12,16)(H,14,15). The number of amides is 1. The number of carbonyl (C=O) groups excluding carboxylic acids is 1. The molecule has 0 fully saturated rings. The van der Waals surface area contributed by atoms with Crippen molar-refractivity contribution < 1.29 is 24.4 Å². The lowest BCUT2D eigenvalue weighted by molar-refractivity contribution is -0.386. The minimum absolute atomic E-state index is 0.0505. The topological polar surface area (TPSA) is 119 Å². The van der Waals surface area contributed by atoms with Gasteiger partial charge in [-0.15, -0.1) is 0 Å². The minimum Gasteiger partial charge on any atom is -0.480 e. The summed E-state index contributed by atoms with van der Waals surface area (Å²) in [5, 5.41) is 21.3. The van der Waals surface area contributed by atoms with Gasteiger partial charge in [0.2, 0.25) is 0 Å². The molecule has 0 saturated heterocycles. The van der Waals surface area contributed by atoms with Gasteiger partial charge in [-0.2, -0.15) is 0 Å². The number of nitro groups is 1. The van der Waals surface area contributed by atoms with E-state index in [4.69, 9.17) is 9.84 Å². The van der Waals surface area contributed by atoms with E-state index in [2.05, 4.69) is 5.32 Å². The summed E-state index contributed by atoms with van der Waals surface area (Å²) in [6.07, 6.45) is -1.04. The van der Waals surface area contributed by atoms with Crippen molar-refractivity contribution >= 4 is 17.6 Å². The van der Waals surface area contributed by atoms with Gasteiger partial charge in [0.25, 0.3) is 5.91 Å². The lowest BCUT2D eigenvalue weighted by atomic mass is 10.3. The van der Waals surface area contributed by atoms with Gasteiger partial charge < -0.3 is 15.2 Å². The van der Waals surface area contributed by atoms with Crippen LogP contribution in [-0.4, -0.2) is 34.6 Å². The number of rotatable bonds is 6. The normalized spacial score (nSPS) is 11.4. The number of benzene rings is 1. The van der Waals surface area contributed by atoms with Gasteiger partial charge in [-0.25, -0.2) is 0 Å². The monoisotopic (exact) mass is 268 g/mol. The maximum absolute atomic E-state index is 11.5. The number of nitrogens with zero attached hydrogens (tertiary/aromatic N) is 1. The Morgan fingerprint density at radius 3 is 2.68 bits per heavy atom. The van der Waals surface area contributed by atoms with Crippen LogP contribution in [0, 0.1) is 10.1 Å². The first kappa shape index (κ1) is 14.4. The lowest BCUT2D eigenvalue weighted by Crippen LogP contribution is -2.39. The number of aliphatic carboxylic acids is 1. The molecule has 0 aliphatic carbocycles. The summed E-state index contributed by atoms with van der Waals surface area (Å²) >= 11 is 0. The number of para-hydroxylation sites is 2. The third-order valence-corrected chi connectivity index (χ3v) is 2.15. The van der Waals surface area contributed by atoms with E-state index in [9.17, 15) is 19.7 Å². The molecule has 8 heteroatoms. The fourth-order valence-electron chi connectivity index (χ4n) is 1.26. The Hall–Kier alpha value is -2.64. The van der Waals surface area contributed by atoms with Gasteiger partial charge in [-0.1, -0.05) is 12.1 Å². The van der Waals surface area contributed by atoms with Gasteiger partial charge in [0.05, 0.1) is 4.92 Å². The quantitative estimate of drug-likeness (QED) is 0.574. The highest BCUT2D eigenvalue weighted by Crippen LogP contribution is 2.26. The number of nitrogens with one attached hydrogen (secondary N) is 1. The van der Waals surface area contributed by atoms with Gasteiger partial charge in [-0.3, -0.25) is 19.7 Å². The van der Waals surface area contributed by atoms with Crippen LogP contribution in [0.3, 0.4) is 0 Å². The molecule has 1 aromatic carbocycles. The fourth-order valence-corrected chi connectivity index (χ4v) is 1.26. The molecule has 1 rings (SSSR count). The largest absolute Gasteiger partial charge is 0.480 e. The number of carbonyl (C=O) groups is 2. The van der Waals surface area contributed by atoms with Crippen LogP contribution in [0.15, 0.2) is 24.3 Å². The SMILES string of the molecule is CC(Oc1ccccc1[N+](=O)[O-])C(=O)NCC(=O)O. The maximum Gasteiger partial charge on any atom is 0.322 e. The molecule has 1 amide bonds. The molecule has 102 valence electrons. The van der Waals surface area contributed by atoms with Crippen molar-refractivity contribution in [2.45, 2.75) is 13.0 Å². The predicted octanol–water partition coefficient (Wildman–Crippen LogP) is 0.563. The summed E-state index contributed by atoms with van der Waals surface area (Å²) in [7, 11) is 0. The Kier molecular flexibility index (Phi) is 4.81. The summed E-state index contributed by atoms with van der Waals surface area (Å²) in [5.41, 5.74) is -0.264. The number of nitro benzene ring substituents is 1. The summed E-state index contributed by atoms with van der Waals surface area (Å²) in [4.78, 5) is 31.9. The first-order valence-corrected chi connectivity index (χ1v) is 5.31. The van der Waals surface area contributed by atoms with E-state index >= 15 is 0 Å². The second-order valence-corrected chi connectivity index (χ2v) is 3.60. The van der Waals surface area contributed by atoms with E-state index in [0.717, 1.165) is 0 Å². The molecule has 0 spiro atoms. The number of carboxylic acids is 1. The zero-order valence-electron chi connectivity index (χ0n) is 10.0. The molecule has 2 N–H and O–H groups in total. The van der Waals surface area contributed by atoms with Crippen LogP contribution in [0.5, 0.6) is 5.75 Å². The molecule has 0 bridgehead atoms. The minimum atomic E-state index is -1.19. The van der Waals surface area contributed by atoms with Crippen LogP contribution in [0.1, 0.15) is 6.92 Å². The Labute approximate surface area is 108 Å². The van der Waals surface area contributed by atoms with Gasteiger partial charge in [0.1, 0.15) is 6.54 Å². The highest BCUT2D eigenvalue weighted by atomic mass is 16.6. The third kappa shape index (κ3) is 4.26. The van der Waals surface area contributed by atoms with Gasteiger partial charge >= 0.3 is 11.7 Å². The Balaban J connectivity index is 2.71. The molecule has 0 aliphatic heterocycles. The van der Waals surface area contributed by atoms with Gasteiger partial charge in [0, 0.05) is 6.07 Å². The smallest absolute Gasteiger partial charge is 0.322 e. The third-order valence-electron chi connectivity index (χ3n) is 2.15. The van der Waals surface area contributed by atoms with Crippen LogP contribution in [0.4, 0.5) is 5.69 Å². The molecule has 0 heterocycles. The van der Waals surface area contributed by atoms with Crippen LogP contribution < -0.4 is 10.1 Å². The summed E-state index contributed by atoms with van der Waals surface area (Å²) in [6, 6.07) is 5.61. The molecule has 0 aromatic heterocycles. The molecular formula is C11H12N2O6. The number of ether oxygens (including phenoxy) is 1. The predicted molar refractivity (Wildman–Crippen MR) is 63.8 cm³/mol. The Bertz CT molecular complexity index is 502. The van der Waals surface area contributed by atoms with Gasteiger partial charge in [-0.05, 0) is 13.0 Å². The molecule has 8 nitrogen and oxygen atoms in total. The highest BCUT2D eigenvalue weighted by molar-refractivity contribution is 5.84. The highest BCUT2D eigenvalue weighted by Gasteiger charge is 2.20. The van der Waals surface area contributed by atoms with E-state index in [0.29, 0.717) is 0 Å². The maximum atomic E-state index is 11.5. The number of carboxylic acid groups (broad SMARTS) is 1. The molecule has 1 aromatic rings. The zero-order valence-corrected chi connectivity index (χ0v) is 10.0. The van der Waals surface area contributed by atoms with E-state index < -0.39 is 29.4 Å². The van der Waals surface area contributed by atoms with Crippen molar-refractivity contribution in [2.75, 3.05) is 6.54 Å². The van der Waals surface area contributed by atoms with Crippen LogP contribution in [0.25, 0.3) is 0 Å². The molecule has 1 unspecified atom stereocenters. The van der Waals surface area contributed by atoms with Crippen molar-refractivity contribution in [3.8, 4) is 5.75 Å². The van der Waals surface area contributed by atoms with Crippen molar-refractivity contribution in [1.29, 1.82) is 0 Å². The van der Waals surface area contributed by atoms with Crippen molar-refractivity contribution in [1.82, 2.24) is 5.32 Å². The second kappa shape index (κ2) is 6.34. The molecule has 0 radical (unpaired) electrons. The van der Waals surface area contributed by atoms with E-state index in [1.54, 1.807) is 0 Å². The Morgan fingerprint density at radius 2 is 2.11 bits per heavy atom. The van der Waals surface area contributed by atoms with Crippen LogP contribution in [0.2, 0.25) is 0 Å². The average Bonchev–Trinajstić information content (AvgIpc) is 2.36. The summed E-state index contributed by atoms with van der Waals surface area (Å²) in [6.45, 7) is 0.831. The van der Waals surface area contributed by atoms with Crippen LogP contribution in [-0.2, 0) is 9.59 Å². The first-order chi connectivity index (χ1) is 8.91. The van der Waals surface area contributed by atoms with Crippen LogP contribution >= 0.6 is 0 Å². The van der Waals surface area contributed by atoms with Crippen molar-refractivity contribution in [2.24, 2.45) is 0 Å². The van der Waals surface area contributed by atoms with E-state index in [1.807, 2.05) is 0 Å². The van der Waals surface area contributed by atoms with E-state index in [1.165, 1.54) is 31.2 Å². The molecule has 0 aliphatic rings. The van der Waals surface area contributed by atoms with Crippen molar-refractivity contribution in [3.63, 3.8) is 0 Å². The second-order valence-electron chi connectivity index (χ2n) is 3.60.